The molecule has 94 valence electrons. The third-order valence-corrected chi connectivity index (χ3v) is 3.21. The smallest absolute Gasteiger partial charge is 0.254 e. The first kappa shape index (κ1) is 11.2. The van der Waals surface area contributed by atoms with Gasteiger partial charge in [0.25, 0.3) is 5.91 Å². The van der Waals surface area contributed by atoms with Crippen LogP contribution in [0.15, 0.2) is 24.5 Å². The number of hydrogen-bond donors (Lipinski definition) is 3. The Morgan fingerprint density at radius 1 is 1.33 bits per heavy atom. The van der Waals surface area contributed by atoms with Gasteiger partial charge in [-0.05, 0) is 18.2 Å². The van der Waals surface area contributed by atoms with Crippen LogP contribution in [0.3, 0.4) is 0 Å². The highest BCUT2D eigenvalue weighted by molar-refractivity contribution is 5.97. The minimum Gasteiger partial charge on any atom is -0.388 e. The Bertz CT molecular complexity index is 585. The molecule has 1 aliphatic rings. The number of benzene rings is 1. The van der Waals surface area contributed by atoms with E-state index in [-0.39, 0.29) is 19.0 Å². The monoisotopic (exact) mass is 247 g/mol. The molecule has 6 nitrogen and oxygen atoms in total. The molecule has 2 heterocycles. The van der Waals surface area contributed by atoms with Crippen molar-refractivity contribution in [3.05, 3.63) is 30.1 Å². The van der Waals surface area contributed by atoms with Crippen LogP contribution in [0.2, 0.25) is 0 Å². The van der Waals surface area contributed by atoms with Gasteiger partial charge in [0.05, 0.1) is 29.6 Å². The van der Waals surface area contributed by atoms with Gasteiger partial charge in [0.1, 0.15) is 0 Å². The lowest BCUT2D eigenvalue weighted by atomic mass is 10.2. The lowest BCUT2D eigenvalue weighted by Gasteiger charge is -2.15. The van der Waals surface area contributed by atoms with Crippen molar-refractivity contribution < 1.29 is 15.0 Å². The Morgan fingerprint density at radius 3 is 2.78 bits per heavy atom. The number of nitrogens with one attached hydrogen (secondary N) is 1. The van der Waals surface area contributed by atoms with Crippen molar-refractivity contribution in [2.75, 3.05) is 13.1 Å². The van der Waals surface area contributed by atoms with Crippen LogP contribution in [0.25, 0.3) is 11.0 Å². The fourth-order valence-electron chi connectivity index (χ4n) is 2.19. The van der Waals surface area contributed by atoms with Gasteiger partial charge in [-0.25, -0.2) is 4.98 Å². The summed E-state index contributed by atoms with van der Waals surface area (Å²) in [5, 5.41) is 18.9. The summed E-state index contributed by atoms with van der Waals surface area (Å²) >= 11 is 0. The van der Waals surface area contributed by atoms with Gasteiger partial charge in [-0.2, -0.15) is 0 Å². The molecule has 1 aliphatic heterocycles. The highest BCUT2D eigenvalue weighted by Gasteiger charge is 2.32. The maximum absolute atomic E-state index is 12.2. The summed E-state index contributed by atoms with van der Waals surface area (Å²) in [6.45, 7) is 0.335. The quantitative estimate of drug-likeness (QED) is 0.647. The number of nitrogens with zero attached hydrogens (tertiary/aromatic N) is 2. The van der Waals surface area contributed by atoms with Crippen molar-refractivity contribution in [1.29, 1.82) is 0 Å². The van der Waals surface area contributed by atoms with Crippen molar-refractivity contribution in [3.63, 3.8) is 0 Å². The zero-order valence-corrected chi connectivity index (χ0v) is 9.58. The number of hydrogen-bond acceptors (Lipinski definition) is 4. The maximum Gasteiger partial charge on any atom is 0.254 e. The van der Waals surface area contributed by atoms with Gasteiger partial charge >= 0.3 is 0 Å². The number of H-pyrrole nitrogens is 1. The number of carbonyl (C=O) groups is 1. The largest absolute Gasteiger partial charge is 0.388 e. The average Bonchev–Trinajstić information content (AvgIpc) is 2.95. The first-order valence-corrected chi connectivity index (χ1v) is 5.73. The first-order valence-electron chi connectivity index (χ1n) is 5.73. The van der Waals surface area contributed by atoms with E-state index in [2.05, 4.69) is 9.97 Å². The molecule has 2 unspecified atom stereocenters. The summed E-state index contributed by atoms with van der Waals surface area (Å²) in [6, 6.07) is 5.19. The molecule has 0 bridgehead atoms. The van der Waals surface area contributed by atoms with E-state index >= 15 is 0 Å². The topological polar surface area (TPSA) is 89.5 Å². The van der Waals surface area contributed by atoms with E-state index in [0.29, 0.717) is 5.56 Å². The molecular weight excluding hydrogens is 234 g/mol. The molecule has 2 atom stereocenters. The van der Waals surface area contributed by atoms with Crippen molar-refractivity contribution in [2.24, 2.45) is 0 Å². The minimum absolute atomic E-state index is 0.168. The van der Waals surface area contributed by atoms with E-state index < -0.39 is 12.2 Å². The third kappa shape index (κ3) is 1.75. The summed E-state index contributed by atoms with van der Waals surface area (Å²) < 4.78 is 0. The fourth-order valence-corrected chi connectivity index (χ4v) is 2.19. The van der Waals surface area contributed by atoms with Crippen LogP contribution in [-0.2, 0) is 0 Å². The second-order valence-electron chi connectivity index (χ2n) is 4.48. The molecule has 1 fully saturated rings. The summed E-state index contributed by atoms with van der Waals surface area (Å²) in [5.41, 5.74) is 2.11. The molecule has 2 aromatic rings. The third-order valence-electron chi connectivity index (χ3n) is 3.21. The van der Waals surface area contributed by atoms with Gasteiger partial charge in [0.15, 0.2) is 0 Å². The lowest BCUT2D eigenvalue weighted by Crippen LogP contribution is -2.29. The van der Waals surface area contributed by atoms with Crippen LogP contribution >= 0.6 is 0 Å². The molecule has 1 aromatic heterocycles. The SMILES string of the molecule is O=C(c1ccc2nc[nH]c2c1)N1CC(O)C(O)C1. The number of carbonyl (C=O) groups excluding carboxylic acids is 1. The predicted octanol–water partition coefficient (Wildman–Crippen LogP) is -0.259. The first-order chi connectivity index (χ1) is 8.65. The van der Waals surface area contributed by atoms with Crippen LogP contribution in [-0.4, -0.2) is 56.3 Å². The number of aliphatic hydroxyl groups excluding tert-OH is 2. The minimum atomic E-state index is -0.857. The Morgan fingerprint density at radius 2 is 2.06 bits per heavy atom. The molecule has 3 N–H and O–H groups in total. The van der Waals surface area contributed by atoms with E-state index in [1.165, 1.54) is 4.90 Å². The normalized spacial score (nSPS) is 23.8. The number of aromatic nitrogens is 2. The number of aliphatic hydroxyl groups is 2. The van der Waals surface area contributed by atoms with E-state index in [4.69, 9.17) is 0 Å². The highest BCUT2D eigenvalue weighted by Crippen LogP contribution is 2.17. The van der Waals surface area contributed by atoms with Crippen molar-refractivity contribution in [1.82, 2.24) is 14.9 Å². The Hall–Kier alpha value is -1.92. The van der Waals surface area contributed by atoms with Crippen LogP contribution in [0.5, 0.6) is 0 Å². The van der Waals surface area contributed by atoms with E-state index in [0.717, 1.165) is 11.0 Å². The van der Waals surface area contributed by atoms with Gasteiger partial charge in [-0.1, -0.05) is 0 Å². The van der Waals surface area contributed by atoms with Crippen LogP contribution in [0.4, 0.5) is 0 Å². The van der Waals surface area contributed by atoms with Crippen LogP contribution in [0.1, 0.15) is 10.4 Å². The Balaban J connectivity index is 1.87. The number of rotatable bonds is 1. The van der Waals surface area contributed by atoms with Crippen molar-refractivity contribution in [2.45, 2.75) is 12.2 Å². The van der Waals surface area contributed by atoms with Gasteiger partial charge in [-0.15, -0.1) is 0 Å². The van der Waals surface area contributed by atoms with Crippen LogP contribution in [0, 0.1) is 0 Å². The number of imidazole rings is 1. The molecule has 1 saturated heterocycles. The summed E-state index contributed by atoms with van der Waals surface area (Å²) in [4.78, 5) is 20.6. The van der Waals surface area contributed by atoms with Crippen LogP contribution < -0.4 is 0 Å². The zero-order valence-electron chi connectivity index (χ0n) is 9.58. The van der Waals surface area contributed by atoms with Gasteiger partial charge < -0.3 is 20.1 Å². The number of likely N-dealkylation sites (tertiary alicyclic amines) is 1. The van der Waals surface area contributed by atoms with Gasteiger partial charge in [-0.3, -0.25) is 4.79 Å². The lowest BCUT2D eigenvalue weighted by molar-refractivity contribution is 0.0572. The molecule has 3 rings (SSSR count). The average molecular weight is 247 g/mol. The maximum atomic E-state index is 12.2. The number of β-amino-alcohol motifs (C(OH)–C–C–N with tert-alkyl or cyclic N) is 2. The number of fused-ring (bicyclic) bond motifs is 1. The van der Waals surface area contributed by atoms with E-state index in [1.54, 1.807) is 24.5 Å². The molecular formula is C12H13N3O3. The molecule has 0 radical (unpaired) electrons. The molecule has 1 aromatic carbocycles. The van der Waals surface area contributed by atoms with Gasteiger partial charge in [0, 0.05) is 18.7 Å². The zero-order chi connectivity index (χ0) is 12.7. The predicted molar refractivity (Wildman–Crippen MR) is 64.0 cm³/mol. The molecule has 0 aliphatic carbocycles. The van der Waals surface area contributed by atoms with Gasteiger partial charge in [0.2, 0.25) is 0 Å². The molecule has 18 heavy (non-hydrogen) atoms. The van der Waals surface area contributed by atoms with E-state index in [9.17, 15) is 15.0 Å². The second kappa shape index (κ2) is 4.08. The fraction of sp³-hybridized carbons (Fsp3) is 0.333. The molecule has 6 heteroatoms. The van der Waals surface area contributed by atoms with E-state index in [1.807, 2.05) is 0 Å². The summed E-state index contributed by atoms with van der Waals surface area (Å²) in [6.07, 6.45) is -0.142. The number of amides is 1. The Labute approximate surface area is 103 Å². The van der Waals surface area contributed by atoms with Crippen molar-refractivity contribution in [3.8, 4) is 0 Å². The highest BCUT2D eigenvalue weighted by atomic mass is 16.3. The Kier molecular flexibility index (Phi) is 2.53. The molecule has 1 amide bonds. The standard InChI is InChI=1S/C12H13N3O3/c16-10-4-15(5-11(10)17)12(18)7-1-2-8-9(3-7)14-6-13-8/h1-3,6,10-11,16-17H,4-5H2,(H,13,14). The number of aromatic amines is 1. The molecule has 0 saturated carbocycles. The summed E-state index contributed by atoms with van der Waals surface area (Å²) in [7, 11) is 0. The summed E-state index contributed by atoms with van der Waals surface area (Å²) in [5.74, 6) is -0.192. The second-order valence-corrected chi connectivity index (χ2v) is 4.48. The van der Waals surface area contributed by atoms with Crippen molar-refractivity contribution >= 4 is 16.9 Å². The molecule has 0 spiro atoms.